The summed E-state index contributed by atoms with van der Waals surface area (Å²) >= 11 is 0. The van der Waals surface area contributed by atoms with E-state index in [9.17, 15) is 18.7 Å². The third kappa shape index (κ3) is 1.81. The Balaban J connectivity index is 2.46. The lowest BCUT2D eigenvalue weighted by Gasteiger charge is -2.50. The molecule has 0 atom stereocenters. The van der Waals surface area contributed by atoms with E-state index in [1.807, 2.05) is 13.8 Å². The molecule has 1 aromatic rings. The smallest absolute Gasteiger partial charge is 0.314 e. The zero-order valence-corrected chi connectivity index (χ0v) is 9.76. The van der Waals surface area contributed by atoms with Crippen molar-refractivity contribution in [1.82, 2.24) is 0 Å². The second-order valence-electron chi connectivity index (χ2n) is 5.53. The molecule has 1 aromatic carbocycles. The third-order valence-electron chi connectivity index (χ3n) is 3.42. The average Bonchev–Trinajstić information content (AvgIpc) is 2.13. The molecule has 1 saturated carbocycles. The van der Waals surface area contributed by atoms with Gasteiger partial charge in [-0.2, -0.15) is 0 Å². The number of hydrogen-bond acceptors (Lipinski definition) is 1. The van der Waals surface area contributed by atoms with Crippen LogP contribution in [0.15, 0.2) is 18.2 Å². The fourth-order valence-corrected chi connectivity index (χ4v) is 2.92. The molecule has 0 aliphatic heterocycles. The van der Waals surface area contributed by atoms with Crippen molar-refractivity contribution in [3.63, 3.8) is 0 Å². The molecule has 1 aliphatic carbocycles. The van der Waals surface area contributed by atoms with Gasteiger partial charge < -0.3 is 5.11 Å². The van der Waals surface area contributed by atoms with E-state index in [0.29, 0.717) is 12.8 Å². The van der Waals surface area contributed by atoms with E-state index in [0.717, 1.165) is 12.1 Å². The van der Waals surface area contributed by atoms with Crippen molar-refractivity contribution in [3.8, 4) is 0 Å². The summed E-state index contributed by atoms with van der Waals surface area (Å²) in [7, 11) is 0. The van der Waals surface area contributed by atoms with E-state index in [1.54, 1.807) is 0 Å². The van der Waals surface area contributed by atoms with Gasteiger partial charge in [-0.05, 0) is 24.3 Å². The van der Waals surface area contributed by atoms with Gasteiger partial charge in [-0.3, -0.25) is 4.79 Å². The average molecular weight is 240 g/mol. The zero-order chi connectivity index (χ0) is 12.8. The van der Waals surface area contributed by atoms with E-state index in [2.05, 4.69) is 0 Å². The van der Waals surface area contributed by atoms with Crippen LogP contribution in [0, 0.1) is 17.0 Å². The highest BCUT2D eigenvalue weighted by molar-refractivity contribution is 5.83. The molecule has 4 heteroatoms. The van der Waals surface area contributed by atoms with Gasteiger partial charge in [0, 0.05) is 11.6 Å². The Morgan fingerprint density at radius 1 is 1.29 bits per heavy atom. The molecule has 2 nitrogen and oxygen atoms in total. The highest BCUT2D eigenvalue weighted by Crippen LogP contribution is 2.55. The molecule has 0 heterocycles. The molecule has 92 valence electrons. The van der Waals surface area contributed by atoms with Crippen LogP contribution in [0.1, 0.15) is 32.3 Å². The molecular formula is C13H14F2O2. The molecule has 0 bridgehead atoms. The van der Waals surface area contributed by atoms with Crippen molar-refractivity contribution in [2.24, 2.45) is 5.41 Å². The van der Waals surface area contributed by atoms with Gasteiger partial charge in [-0.25, -0.2) is 8.78 Å². The van der Waals surface area contributed by atoms with Gasteiger partial charge in [-0.15, -0.1) is 0 Å². The topological polar surface area (TPSA) is 37.3 Å². The summed E-state index contributed by atoms with van der Waals surface area (Å²) in [5, 5.41) is 9.30. The number of carbonyl (C=O) groups is 1. The normalized spacial score (nSPS) is 20.7. The molecule has 0 amide bonds. The maximum atomic E-state index is 13.7. The van der Waals surface area contributed by atoms with Crippen molar-refractivity contribution in [1.29, 1.82) is 0 Å². The lowest BCUT2D eigenvalue weighted by atomic mass is 9.52. The molecule has 1 aliphatic rings. The van der Waals surface area contributed by atoms with Crippen LogP contribution in [-0.4, -0.2) is 11.1 Å². The van der Waals surface area contributed by atoms with Gasteiger partial charge in [0.1, 0.15) is 11.6 Å². The molecule has 17 heavy (non-hydrogen) atoms. The summed E-state index contributed by atoms with van der Waals surface area (Å²) < 4.78 is 26.5. The predicted molar refractivity (Wildman–Crippen MR) is 58.7 cm³/mol. The number of rotatable bonds is 2. The van der Waals surface area contributed by atoms with Crippen LogP contribution in [0.25, 0.3) is 0 Å². The summed E-state index contributed by atoms with van der Waals surface area (Å²) in [5.41, 5.74) is -1.22. The van der Waals surface area contributed by atoms with E-state index < -0.39 is 23.0 Å². The number of hydrogen-bond donors (Lipinski definition) is 1. The van der Waals surface area contributed by atoms with Crippen LogP contribution in [0.2, 0.25) is 0 Å². The largest absolute Gasteiger partial charge is 0.481 e. The Morgan fingerprint density at radius 2 is 1.88 bits per heavy atom. The van der Waals surface area contributed by atoms with E-state index in [-0.39, 0.29) is 11.0 Å². The SMILES string of the molecule is CC1(C)CC(C(=O)O)(c2ccc(F)cc2F)C1. The molecule has 2 rings (SSSR count). The van der Waals surface area contributed by atoms with Gasteiger partial charge in [0.15, 0.2) is 0 Å². The minimum Gasteiger partial charge on any atom is -0.481 e. The Bertz CT molecular complexity index is 472. The molecule has 1 fully saturated rings. The first-order valence-electron chi connectivity index (χ1n) is 5.46. The minimum atomic E-state index is -1.19. The molecular weight excluding hydrogens is 226 g/mol. The van der Waals surface area contributed by atoms with Gasteiger partial charge >= 0.3 is 5.97 Å². The number of aliphatic carboxylic acids is 1. The van der Waals surface area contributed by atoms with Crippen molar-refractivity contribution in [2.45, 2.75) is 32.1 Å². The second-order valence-corrected chi connectivity index (χ2v) is 5.53. The van der Waals surface area contributed by atoms with Crippen molar-refractivity contribution >= 4 is 5.97 Å². The standard InChI is InChI=1S/C13H14F2O2/c1-12(2)6-13(7-12,11(16)17)9-4-3-8(14)5-10(9)15/h3-5H,6-7H2,1-2H3,(H,16,17). The molecule has 0 saturated heterocycles. The van der Waals surface area contributed by atoms with Crippen LogP contribution in [-0.2, 0) is 10.2 Å². The summed E-state index contributed by atoms with van der Waals surface area (Å²) in [6.07, 6.45) is 0.746. The fourth-order valence-electron chi connectivity index (χ4n) is 2.92. The van der Waals surface area contributed by atoms with Crippen LogP contribution in [0.5, 0.6) is 0 Å². The number of benzene rings is 1. The lowest BCUT2D eigenvalue weighted by Crippen LogP contribution is -2.52. The van der Waals surface area contributed by atoms with Gasteiger partial charge in [0.05, 0.1) is 5.41 Å². The summed E-state index contributed by atoms with van der Waals surface area (Å²) in [5.74, 6) is -2.50. The van der Waals surface area contributed by atoms with E-state index in [1.165, 1.54) is 6.07 Å². The third-order valence-corrected chi connectivity index (χ3v) is 3.42. The van der Waals surface area contributed by atoms with Crippen molar-refractivity contribution in [2.75, 3.05) is 0 Å². The highest BCUT2D eigenvalue weighted by Gasteiger charge is 2.56. The summed E-state index contributed by atoms with van der Waals surface area (Å²) in [6.45, 7) is 3.88. The summed E-state index contributed by atoms with van der Waals surface area (Å²) in [6, 6.07) is 3.09. The van der Waals surface area contributed by atoms with E-state index >= 15 is 0 Å². The summed E-state index contributed by atoms with van der Waals surface area (Å²) in [4.78, 5) is 11.4. The molecule has 0 radical (unpaired) electrons. The van der Waals surface area contributed by atoms with Gasteiger partial charge in [-0.1, -0.05) is 19.9 Å². The van der Waals surface area contributed by atoms with Crippen LogP contribution in [0.4, 0.5) is 8.78 Å². The molecule has 0 unspecified atom stereocenters. The first-order valence-corrected chi connectivity index (χ1v) is 5.46. The Labute approximate surface area is 98.3 Å². The first kappa shape index (κ1) is 12.0. The quantitative estimate of drug-likeness (QED) is 0.862. The molecule has 1 N–H and O–H groups in total. The maximum Gasteiger partial charge on any atom is 0.314 e. The molecule has 0 aromatic heterocycles. The molecule has 0 spiro atoms. The van der Waals surface area contributed by atoms with Crippen LogP contribution >= 0.6 is 0 Å². The van der Waals surface area contributed by atoms with Gasteiger partial charge in [0.2, 0.25) is 0 Å². The monoisotopic (exact) mass is 240 g/mol. The van der Waals surface area contributed by atoms with Gasteiger partial charge in [0.25, 0.3) is 0 Å². The fraction of sp³-hybridized carbons (Fsp3) is 0.462. The van der Waals surface area contributed by atoms with Crippen molar-refractivity contribution in [3.05, 3.63) is 35.4 Å². The minimum absolute atomic E-state index is 0.0886. The first-order chi connectivity index (χ1) is 7.77. The van der Waals surface area contributed by atoms with Crippen LogP contribution in [0.3, 0.4) is 0 Å². The Hall–Kier alpha value is -1.45. The maximum absolute atomic E-state index is 13.7. The van der Waals surface area contributed by atoms with Crippen molar-refractivity contribution < 1.29 is 18.7 Å². The number of halogens is 2. The van der Waals surface area contributed by atoms with Crippen LogP contribution < -0.4 is 0 Å². The predicted octanol–water partition coefficient (Wildman–Crippen LogP) is 3.11. The zero-order valence-electron chi connectivity index (χ0n) is 9.76. The number of carboxylic acid groups (broad SMARTS) is 1. The van der Waals surface area contributed by atoms with E-state index in [4.69, 9.17) is 0 Å². The second kappa shape index (κ2) is 3.52. The highest BCUT2D eigenvalue weighted by atomic mass is 19.1. The number of carboxylic acids is 1. The lowest BCUT2D eigenvalue weighted by molar-refractivity contribution is -0.153. The Kier molecular flexibility index (Phi) is 2.49. The Morgan fingerprint density at radius 3 is 2.29 bits per heavy atom.